The molecule has 0 bridgehead atoms. The minimum absolute atomic E-state index is 0.415. The van der Waals surface area contributed by atoms with Crippen LogP contribution >= 0.6 is 0 Å². The van der Waals surface area contributed by atoms with Crippen LogP contribution in [0.1, 0.15) is 50.7 Å². The number of piperazine rings is 1. The molecule has 1 aliphatic carbocycles. The van der Waals surface area contributed by atoms with Gasteiger partial charge in [-0.3, -0.25) is 9.80 Å². The first kappa shape index (κ1) is 17.7. The molecule has 1 aliphatic heterocycles. The summed E-state index contributed by atoms with van der Waals surface area (Å²) in [6, 6.07) is 8.67. The van der Waals surface area contributed by atoms with Crippen molar-refractivity contribution in [3.8, 4) is 5.75 Å². The van der Waals surface area contributed by atoms with Crippen LogP contribution in [-0.4, -0.2) is 60.3 Å². The van der Waals surface area contributed by atoms with Gasteiger partial charge in [0.25, 0.3) is 0 Å². The van der Waals surface area contributed by atoms with E-state index in [-0.39, 0.29) is 0 Å². The Labute approximate surface area is 146 Å². The van der Waals surface area contributed by atoms with Crippen LogP contribution in [0.25, 0.3) is 0 Å². The summed E-state index contributed by atoms with van der Waals surface area (Å²) in [5, 5.41) is 10.5. The van der Waals surface area contributed by atoms with E-state index < -0.39 is 6.10 Å². The summed E-state index contributed by atoms with van der Waals surface area (Å²) in [5.41, 5.74) is 0.980. The summed E-state index contributed by atoms with van der Waals surface area (Å²) in [6.45, 7) is 7.84. The third-order valence-corrected chi connectivity index (χ3v) is 5.50. The first-order valence-electron chi connectivity index (χ1n) is 9.63. The lowest BCUT2D eigenvalue weighted by atomic mass is 9.94. The molecule has 2 aliphatic rings. The topological polar surface area (TPSA) is 35.9 Å². The summed E-state index contributed by atoms with van der Waals surface area (Å²) in [4.78, 5) is 5.08. The van der Waals surface area contributed by atoms with Gasteiger partial charge in [-0.15, -0.1) is 0 Å². The monoisotopic (exact) mass is 332 g/mol. The second-order valence-electron chi connectivity index (χ2n) is 7.15. The van der Waals surface area contributed by atoms with E-state index in [0.29, 0.717) is 6.61 Å². The number of ether oxygens (including phenoxy) is 1. The smallest absolute Gasteiger partial charge is 0.119 e. The van der Waals surface area contributed by atoms with E-state index in [0.717, 1.165) is 50.1 Å². The highest BCUT2D eigenvalue weighted by molar-refractivity contribution is 5.28. The Morgan fingerprint density at radius 3 is 2.33 bits per heavy atom. The fourth-order valence-electron chi connectivity index (χ4n) is 4.06. The van der Waals surface area contributed by atoms with E-state index >= 15 is 0 Å². The maximum atomic E-state index is 10.5. The van der Waals surface area contributed by atoms with Crippen molar-refractivity contribution in [1.29, 1.82) is 0 Å². The number of rotatable bonds is 6. The van der Waals surface area contributed by atoms with E-state index in [9.17, 15) is 5.11 Å². The van der Waals surface area contributed by atoms with Crippen molar-refractivity contribution in [2.24, 2.45) is 0 Å². The van der Waals surface area contributed by atoms with Crippen LogP contribution in [0.15, 0.2) is 24.3 Å². The van der Waals surface area contributed by atoms with Gasteiger partial charge in [0.15, 0.2) is 0 Å². The molecule has 1 N–H and O–H groups in total. The SMILES string of the molecule is CCOc1ccc(C(O)CN2CCN(C3CCCCC3)CC2)cc1. The largest absolute Gasteiger partial charge is 0.494 e. The molecular formula is C20H32N2O2. The van der Waals surface area contributed by atoms with Crippen LogP contribution in [-0.2, 0) is 0 Å². The lowest BCUT2D eigenvalue weighted by Gasteiger charge is -2.41. The average molecular weight is 332 g/mol. The van der Waals surface area contributed by atoms with Crippen LogP contribution in [0.5, 0.6) is 5.75 Å². The Hall–Kier alpha value is -1.10. The minimum Gasteiger partial charge on any atom is -0.494 e. The summed E-state index contributed by atoms with van der Waals surface area (Å²) in [7, 11) is 0. The Kier molecular flexibility index (Phi) is 6.52. The lowest BCUT2D eigenvalue weighted by molar-refractivity contribution is 0.0475. The van der Waals surface area contributed by atoms with Gasteiger partial charge in [0.05, 0.1) is 12.7 Å². The second kappa shape index (κ2) is 8.84. The third-order valence-electron chi connectivity index (χ3n) is 5.50. The Balaban J connectivity index is 1.44. The first-order chi connectivity index (χ1) is 11.8. The fraction of sp³-hybridized carbons (Fsp3) is 0.700. The lowest BCUT2D eigenvalue weighted by Crippen LogP contribution is -2.51. The summed E-state index contributed by atoms with van der Waals surface area (Å²) in [5.74, 6) is 0.870. The number of aliphatic hydroxyl groups is 1. The maximum Gasteiger partial charge on any atom is 0.119 e. The predicted octanol–water partition coefficient (Wildman–Crippen LogP) is 3.07. The third kappa shape index (κ3) is 4.71. The molecule has 1 saturated heterocycles. The zero-order valence-electron chi connectivity index (χ0n) is 15.0. The highest BCUT2D eigenvalue weighted by Crippen LogP contribution is 2.24. The molecule has 1 unspecified atom stereocenters. The molecule has 0 amide bonds. The van der Waals surface area contributed by atoms with Crippen molar-refractivity contribution in [3.63, 3.8) is 0 Å². The normalized spacial score (nSPS) is 22.4. The van der Waals surface area contributed by atoms with Crippen LogP contribution < -0.4 is 4.74 Å². The molecule has 134 valence electrons. The van der Waals surface area contributed by atoms with Crippen molar-refractivity contribution in [1.82, 2.24) is 9.80 Å². The van der Waals surface area contributed by atoms with Gasteiger partial charge in [-0.2, -0.15) is 0 Å². The minimum atomic E-state index is -0.415. The molecule has 0 aromatic heterocycles. The number of nitrogens with zero attached hydrogens (tertiary/aromatic N) is 2. The highest BCUT2D eigenvalue weighted by Gasteiger charge is 2.26. The zero-order valence-corrected chi connectivity index (χ0v) is 15.0. The number of hydrogen-bond acceptors (Lipinski definition) is 4. The average Bonchev–Trinajstić information content (AvgIpc) is 2.64. The molecule has 2 fully saturated rings. The van der Waals surface area contributed by atoms with Gasteiger partial charge in [0, 0.05) is 38.8 Å². The number of aliphatic hydroxyl groups excluding tert-OH is 1. The van der Waals surface area contributed by atoms with Crippen molar-refractivity contribution < 1.29 is 9.84 Å². The standard InChI is InChI=1S/C20H32N2O2/c1-2-24-19-10-8-17(9-11-19)20(23)16-21-12-14-22(15-13-21)18-6-4-3-5-7-18/h8-11,18,20,23H,2-7,12-16H2,1H3. The van der Waals surface area contributed by atoms with E-state index in [1.165, 1.54) is 32.1 Å². The number of benzene rings is 1. The van der Waals surface area contributed by atoms with Crippen LogP contribution in [0.2, 0.25) is 0 Å². The Morgan fingerprint density at radius 1 is 1.04 bits per heavy atom. The molecule has 1 heterocycles. The van der Waals surface area contributed by atoms with Crippen molar-refractivity contribution in [2.75, 3.05) is 39.3 Å². The van der Waals surface area contributed by atoms with Crippen molar-refractivity contribution >= 4 is 0 Å². The molecule has 0 spiro atoms. The zero-order chi connectivity index (χ0) is 16.8. The molecule has 1 aromatic rings. The van der Waals surface area contributed by atoms with Crippen LogP contribution in [0.4, 0.5) is 0 Å². The summed E-state index contributed by atoms with van der Waals surface area (Å²) < 4.78 is 5.46. The van der Waals surface area contributed by atoms with Gasteiger partial charge >= 0.3 is 0 Å². The van der Waals surface area contributed by atoms with Gasteiger partial charge in [-0.05, 0) is 37.5 Å². The van der Waals surface area contributed by atoms with Crippen LogP contribution in [0.3, 0.4) is 0 Å². The van der Waals surface area contributed by atoms with Gasteiger partial charge in [0.1, 0.15) is 5.75 Å². The van der Waals surface area contributed by atoms with E-state index in [1.54, 1.807) is 0 Å². The van der Waals surface area contributed by atoms with Gasteiger partial charge < -0.3 is 9.84 Å². The van der Waals surface area contributed by atoms with E-state index in [4.69, 9.17) is 4.74 Å². The second-order valence-corrected chi connectivity index (χ2v) is 7.15. The van der Waals surface area contributed by atoms with E-state index in [1.807, 2.05) is 31.2 Å². The molecule has 1 atom stereocenters. The van der Waals surface area contributed by atoms with Crippen molar-refractivity contribution in [3.05, 3.63) is 29.8 Å². The summed E-state index contributed by atoms with van der Waals surface area (Å²) >= 11 is 0. The highest BCUT2D eigenvalue weighted by atomic mass is 16.5. The molecule has 0 radical (unpaired) electrons. The maximum absolute atomic E-state index is 10.5. The molecule has 4 heteroatoms. The van der Waals surface area contributed by atoms with Crippen LogP contribution in [0, 0.1) is 0 Å². The molecule has 1 aromatic carbocycles. The molecule has 24 heavy (non-hydrogen) atoms. The molecule has 1 saturated carbocycles. The number of hydrogen-bond donors (Lipinski definition) is 1. The molecular weight excluding hydrogens is 300 g/mol. The Bertz CT molecular complexity index is 477. The van der Waals surface area contributed by atoms with Crippen molar-refractivity contribution in [2.45, 2.75) is 51.2 Å². The molecule has 4 nitrogen and oxygen atoms in total. The molecule has 3 rings (SSSR count). The van der Waals surface area contributed by atoms with Gasteiger partial charge in [-0.25, -0.2) is 0 Å². The quantitative estimate of drug-likeness (QED) is 0.868. The van der Waals surface area contributed by atoms with E-state index in [2.05, 4.69) is 9.80 Å². The summed E-state index contributed by atoms with van der Waals surface area (Å²) in [6.07, 6.45) is 6.58. The first-order valence-corrected chi connectivity index (χ1v) is 9.63. The number of β-amino-alcohol motifs (C(OH)–C–C–N with tert-alkyl or cyclic N) is 1. The fourth-order valence-corrected chi connectivity index (χ4v) is 4.06. The Morgan fingerprint density at radius 2 is 1.71 bits per heavy atom. The predicted molar refractivity (Wildman–Crippen MR) is 97.5 cm³/mol. The van der Waals surface area contributed by atoms with Gasteiger partial charge in [0.2, 0.25) is 0 Å². The van der Waals surface area contributed by atoms with Gasteiger partial charge in [-0.1, -0.05) is 31.4 Å².